The van der Waals surface area contributed by atoms with Gasteiger partial charge in [-0.25, -0.2) is 0 Å². The average Bonchev–Trinajstić information content (AvgIpc) is 3.21. The smallest absolute Gasteiger partial charge is 0.119 e. The fraction of sp³-hybridized carbons (Fsp3) is 0.172. The number of rotatable bonds is 8. The first kappa shape index (κ1) is 21.3. The largest absolute Gasteiger partial charge is 0.491 e. The minimum absolute atomic E-state index is 0.000651. The maximum Gasteiger partial charge on any atom is 0.119 e. The van der Waals surface area contributed by atoms with Crippen molar-refractivity contribution in [2.45, 2.75) is 5.92 Å². The van der Waals surface area contributed by atoms with Crippen molar-refractivity contribution in [1.29, 1.82) is 0 Å². The van der Waals surface area contributed by atoms with Crippen LogP contribution in [0.4, 0.5) is 0 Å². The van der Waals surface area contributed by atoms with E-state index in [-0.39, 0.29) is 19.1 Å². The van der Waals surface area contributed by atoms with E-state index in [1.54, 1.807) is 0 Å². The van der Waals surface area contributed by atoms with Gasteiger partial charge in [-0.15, -0.1) is 0 Å². The Kier molecular flexibility index (Phi) is 6.11. The first-order chi connectivity index (χ1) is 16.3. The van der Waals surface area contributed by atoms with Crippen LogP contribution in [0.1, 0.15) is 22.6 Å². The molecule has 1 aliphatic carbocycles. The highest BCUT2D eigenvalue weighted by atomic mass is 16.5. The molecule has 0 aliphatic heterocycles. The van der Waals surface area contributed by atoms with Gasteiger partial charge in [0, 0.05) is 5.92 Å². The molecule has 1 atom stereocenters. The third kappa shape index (κ3) is 4.11. The van der Waals surface area contributed by atoms with Crippen molar-refractivity contribution in [2.75, 3.05) is 26.4 Å². The molecule has 0 fully saturated rings. The number of fused-ring (bicyclic) bond motifs is 3. The highest BCUT2D eigenvalue weighted by molar-refractivity contribution is 5.92. The molecule has 0 radical (unpaired) electrons. The van der Waals surface area contributed by atoms with E-state index in [0.29, 0.717) is 13.2 Å². The van der Waals surface area contributed by atoms with E-state index in [1.807, 2.05) is 24.3 Å². The Balaban J connectivity index is 1.56. The highest BCUT2D eigenvalue weighted by Crippen LogP contribution is 2.51. The lowest BCUT2D eigenvalue weighted by Crippen LogP contribution is -2.02. The van der Waals surface area contributed by atoms with Crippen LogP contribution in [-0.2, 0) is 0 Å². The quantitative estimate of drug-likeness (QED) is 0.347. The van der Waals surface area contributed by atoms with Crippen LogP contribution >= 0.6 is 0 Å². The molecule has 0 heterocycles. The molecule has 0 bridgehead atoms. The molecule has 0 amide bonds. The normalized spacial score (nSPS) is 13.9. The molecular formula is C29H26O4. The summed E-state index contributed by atoms with van der Waals surface area (Å²) in [7, 11) is 0. The van der Waals surface area contributed by atoms with E-state index in [9.17, 15) is 0 Å². The molecule has 1 aliphatic rings. The molecule has 2 N–H and O–H groups in total. The van der Waals surface area contributed by atoms with Gasteiger partial charge in [-0.05, 0) is 63.2 Å². The summed E-state index contributed by atoms with van der Waals surface area (Å²) in [6, 6.07) is 31.4. The second-order valence-electron chi connectivity index (χ2n) is 8.03. The molecule has 0 spiro atoms. The highest BCUT2D eigenvalue weighted by Gasteiger charge is 2.31. The van der Waals surface area contributed by atoms with Crippen molar-refractivity contribution in [3.63, 3.8) is 0 Å². The Bertz CT molecular complexity index is 1230. The summed E-state index contributed by atoms with van der Waals surface area (Å²) in [5.74, 6) is 1.66. The number of aliphatic hydroxyl groups is 2. The molecule has 4 aromatic carbocycles. The average molecular weight is 439 g/mol. The third-order valence-electron chi connectivity index (χ3n) is 6.05. The van der Waals surface area contributed by atoms with Crippen LogP contribution in [0, 0.1) is 0 Å². The minimum Gasteiger partial charge on any atom is -0.491 e. The van der Waals surface area contributed by atoms with Crippen molar-refractivity contribution in [1.82, 2.24) is 0 Å². The topological polar surface area (TPSA) is 58.9 Å². The van der Waals surface area contributed by atoms with Crippen LogP contribution in [0.2, 0.25) is 0 Å². The van der Waals surface area contributed by atoms with Gasteiger partial charge in [0.2, 0.25) is 0 Å². The second-order valence-corrected chi connectivity index (χ2v) is 8.03. The number of ether oxygens (including phenoxy) is 2. The zero-order valence-corrected chi connectivity index (χ0v) is 18.3. The van der Waals surface area contributed by atoms with Gasteiger partial charge in [0.25, 0.3) is 0 Å². The molecule has 0 saturated heterocycles. The SMILES string of the molecule is OCCOc1ccc(-c2cccc3c2-c2ccccc2C3c2ccc(OCCO)cc2)cc1. The summed E-state index contributed by atoms with van der Waals surface area (Å²) >= 11 is 0. The zero-order valence-electron chi connectivity index (χ0n) is 18.3. The molecule has 1 unspecified atom stereocenters. The Morgan fingerprint density at radius 2 is 1.15 bits per heavy atom. The van der Waals surface area contributed by atoms with Gasteiger partial charge < -0.3 is 19.7 Å². The lowest BCUT2D eigenvalue weighted by Gasteiger charge is -2.16. The van der Waals surface area contributed by atoms with Gasteiger partial charge in [-0.2, -0.15) is 0 Å². The minimum atomic E-state index is 0.000651. The van der Waals surface area contributed by atoms with Crippen LogP contribution < -0.4 is 9.47 Å². The van der Waals surface area contributed by atoms with Gasteiger partial charge in [-0.1, -0.05) is 66.7 Å². The van der Waals surface area contributed by atoms with Crippen molar-refractivity contribution in [3.05, 3.63) is 108 Å². The summed E-state index contributed by atoms with van der Waals surface area (Å²) in [5, 5.41) is 18.0. The van der Waals surface area contributed by atoms with Crippen molar-refractivity contribution in [3.8, 4) is 33.8 Å². The number of aliphatic hydroxyl groups excluding tert-OH is 2. The molecule has 4 aromatic rings. The van der Waals surface area contributed by atoms with Crippen molar-refractivity contribution in [2.24, 2.45) is 0 Å². The monoisotopic (exact) mass is 438 g/mol. The summed E-state index contributed by atoms with van der Waals surface area (Å²) in [6.07, 6.45) is 0. The van der Waals surface area contributed by atoms with Crippen molar-refractivity contribution >= 4 is 0 Å². The van der Waals surface area contributed by atoms with Gasteiger partial charge in [0.05, 0.1) is 13.2 Å². The lowest BCUT2D eigenvalue weighted by molar-refractivity contribution is 0.201. The lowest BCUT2D eigenvalue weighted by atomic mass is 9.88. The first-order valence-electron chi connectivity index (χ1n) is 11.2. The predicted molar refractivity (Wildman–Crippen MR) is 130 cm³/mol. The Morgan fingerprint density at radius 3 is 1.82 bits per heavy atom. The van der Waals surface area contributed by atoms with E-state index in [2.05, 4.69) is 66.7 Å². The molecule has 0 saturated carbocycles. The molecule has 166 valence electrons. The summed E-state index contributed by atoms with van der Waals surface area (Å²) < 4.78 is 11.1. The molecule has 5 rings (SSSR count). The first-order valence-corrected chi connectivity index (χ1v) is 11.2. The van der Waals surface area contributed by atoms with Gasteiger partial charge in [0.1, 0.15) is 24.7 Å². The molecule has 4 nitrogen and oxygen atoms in total. The number of hydrogen-bond donors (Lipinski definition) is 2. The molecule has 0 aromatic heterocycles. The van der Waals surface area contributed by atoms with Gasteiger partial charge >= 0.3 is 0 Å². The predicted octanol–water partition coefficient (Wildman–Crippen LogP) is 5.26. The van der Waals surface area contributed by atoms with E-state index < -0.39 is 0 Å². The third-order valence-corrected chi connectivity index (χ3v) is 6.05. The Hall–Kier alpha value is -3.60. The standard InChI is InChI=1S/C29H26O4/c30-16-18-32-22-12-8-20(9-13-22)24-6-3-7-27-28(25-4-1-2-5-26(25)29(24)27)21-10-14-23(15-11-21)33-19-17-31/h1-15,28,30-31H,16-19H2. The fourth-order valence-corrected chi connectivity index (χ4v) is 4.67. The van der Waals surface area contributed by atoms with Crippen molar-refractivity contribution < 1.29 is 19.7 Å². The van der Waals surface area contributed by atoms with Crippen LogP contribution in [-0.4, -0.2) is 36.6 Å². The second kappa shape index (κ2) is 9.49. The Labute approximate surface area is 193 Å². The van der Waals surface area contributed by atoms with E-state index in [1.165, 1.54) is 33.4 Å². The van der Waals surface area contributed by atoms with Crippen LogP contribution in [0.5, 0.6) is 11.5 Å². The number of hydrogen-bond acceptors (Lipinski definition) is 4. The maximum absolute atomic E-state index is 9.00. The summed E-state index contributed by atoms with van der Waals surface area (Å²) in [5.41, 5.74) is 8.65. The van der Waals surface area contributed by atoms with Gasteiger partial charge in [0.15, 0.2) is 0 Å². The summed E-state index contributed by atoms with van der Waals surface area (Å²) in [6.45, 7) is 0.587. The zero-order chi connectivity index (χ0) is 22.6. The van der Waals surface area contributed by atoms with Crippen LogP contribution in [0.15, 0.2) is 91.0 Å². The Morgan fingerprint density at radius 1 is 0.576 bits per heavy atom. The van der Waals surface area contributed by atoms with Crippen LogP contribution in [0.25, 0.3) is 22.3 Å². The molecule has 33 heavy (non-hydrogen) atoms. The maximum atomic E-state index is 9.00. The molecular weight excluding hydrogens is 412 g/mol. The van der Waals surface area contributed by atoms with E-state index in [4.69, 9.17) is 19.7 Å². The fourth-order valence-electron chi connectivity index (χ4n) is 4.67. The molecule has 4 heteroatoms. The van der Waals surface area contributed by atoms with E-state index in [0.717, 1.165) is 17.1 Å². The number of benzene rings is 4. The van der Waals surface area contributed by atoms with Gasteiger partial charge in [-0.3, -0.25) is 0 Å². The summed E-state index contributed by atoms with van der Waals surface area (Å²) in [4.78, 5) is 0. The van der Waals surface area contributed by atoms with E-state index >= 15 is 0 Å². The van der Waals surface area contributed by atoms with Crippen LogP contribution in [0.3, 0.4) is 0 Å².